The van der Waals surface area contributed by atoms with E-state index in [0.717, 1.165) is 33.3 Å². The van der Waals surface area contributed by atoms with Crippen LogP contribution in [0.4, 0.5) is 0 Å². The number of carbonyl (C=O) groups excluding carboxylic acids is 2. The van der Waals surface area contributed by atoms with Crippen LogP contribution < -0.4 is 0 Å². The van der Waals surface area contributed by atoms with Crippen molar-refractivity contribution in [1.29, 1.82) is 0 Å². The van der Waals surface area contributed by atoms with E-state index in [-0.39, 0.29) is 24.4 Å². The molecule has 0 aliphatic carbocycles. The predicted octanol–water partition coefficient (Wildman–Crippen LogP) is 4.56. The van der Waals surface area contributed by atoms with Gasteiger partial charge in [0.25, 0.3) is 5.91 Å². The van der Waals surface area contributed by atoms with E-state index in [1.54, 1.807) is 9.80 Å². The molecule has 6 rings (SSSR count). The first-order chi connectivity index (χ1) is 17.5. The minimum Gasteiger partial charge on any atom is -0.378 e. The third-order valence-corrected chi connectivity index (χ3v) is 7.47. The van der Waals surface area contributed by atoms with Crippen molar-refractivity contribution in [3.63, 3.8) is 0 Å². The summed E-state index contributed by atoms with van der Waals surface area (Å²) in [5, 5.41) is 1.09. The number of fused-ring (bicyclic) bond motifs is 2. The van der Waals surface area contributed by atoms with Crippen molar-refractivity contribution in [3.8, 4) is 11.3 Å². The molecule has 0 N–H and O–H groups in total. The highest BCUT2D eigenvalue weighted by Crippen LogP contribution is 2.46. The van der Waals surface area contributed by atoms with Gasteiger partial charge in [-0.15, -0.1) is 0 Å². The molecule has 0 radical (unpaired) electrons. The summed E-state index contributed by atoms with van der Waals surface area (Å²) in [7, 11) is 2.08. The average Bonchev–Trinajstić information content (AvgIpc) is 3.36. The topological polar surface area (TPSA) is 54.8 Å². The molecule has 3 aromatic carbocycles. The number of hydrogen-bond donors (Lipinski definition) is 0. The van der Waals surface area contributed by atoms with Crippen LogP contribution in [0, 0.1) is 6.92 Å². The molecule has 2 amide bonds. The maximum absolute atomic E-state index is 13.8. The zero-order valence-electron chi connectivity index (χ0n) is 20.6. The molecule has 0 spiro atoms. The van der Waals surface area contributed by atoms with Crippen molar-refractivity contribution in [2.24, 2.45) is 7.05 Å². The Bertz CT molecular complexity index is 1460. The van der Waals surface area contributed by atoms with Gasteiger partial charge in [0.15, 0.2) is 0 Å². The van der Waals surface area contributed by atoms with Crippen LogP contribution in [0.2, 0.25) is 0 Å². The highest BCUT2D eigenvalue weighted by atomic mass is 16.5. The van der Waals surface area contributed by atoms with Gasteiger partial charge in [0, 0.05) is 42.2 Å². The van der Waals surface area contributed by atoms with Crippen LogP contribution in [0.1, 0.15) is 33.1 Å². The van der Waals surface area contributed by atoms with Crippen LogP contribution in [0.3, 0.4) is 0 Å². The van der Waals surface area contributed by atoms with Crippen molar-refractivity contribution in [1.82, 2.24) is 14.4 Å². The third-order valence-electron chi connectivity index (χ3n) is 7.47. The monoisotopic (exact) mass is 479 g/mol. The average molecular weight is 480 g/mol. The number of aryl methyl sites for hydroxylation is 2. The fourth-order valence-corrected chi connectivity index (χ4v) is 5.66. The molecule has 6 heteroatoms. The summed E-state index contributed by atoms with van der Waals surface area (Å²) < 4.78 is 7.64. The summed E-state index contributed by atoms with van der Waals surface area (Å²) in [6.45, 7) is 4.29. The van der Waals surface area contributed by atoms with E-state index in [1.165, 1.54) is 5.56 Å². The first-order valence-corrected chi connectivity index (χ1v) is 12.4. The highest BCUT2D eigenvalue weighted by Gasteiger charge is 2.42. The Hall–Kier alpha value is -3.90. The molecule has 1 atom stereocenters. The number of carbonyl (C=O) groups is 2. The van der Waals surface area contributed by atoms with Crippen molar-refractivity contribution in [2.75, 3.05) is 32.8 Å². The molecule has 0 bridgehead atoms. The zero-order chi connectivity index (χ0) is 24.8. The maximum Gasteiger partial charge on any atom is 0.255 e. The number of nitrogens with zero attached hydrogens (tertiary/aromatic N) is 3. The summed E-state index contributed by atoms with van der Waals surface area (Å²) in [5.74, 6) is -0.137. The third kappa shape index (κ3) is 3.60. The van der Waals surface area contributed by atoms with Gasteiger partial charge in [0.2, 0.25) is 5.91 Å². The number of aromatic nitrogens is 1. The fraction of sp³-hybridized carbons (Fsp3) is 0.267. The Morgan fingerprint density at radius 1 is 0.944 bits per heavy atom. The van der Waals surface area contributed by atoms with E-state index < -0.39 is 0 Å². The Labute approximate surface area is 210 Å². The molecule has 1 aromatic heterocycles. The fourth-order valence-electron chi connectivity index (χ4n) is 5.66. The second-order valence-electron chi connectivity index (χ2n) is 9.62. The molecule has 1 fully saturated rings. The van der Waals surface area contributed by atoms with Crippen LogP contribution in [0.15, 0.2) is 72.8 Å². The lowest BCUT2D eigenvalue weighted by molar-refractivity contribution is -0.136. The molecule has 3 heterocycles. The van der Waals surface area contributed by atoms with Gasteiger partial charge in [-0.05, 0) is 30.2 Å². The molecule has 1 saturated heterocycles. The van der Waals surface area contributed by atoms with Gasteiger partial charge in [-0.3, -0.25) is 9.59 Å². The first kappa shape index (κ1) is 22.6. The number of hydrogen-bond acceptors (Lipinski definition) is 3. The van der Waals surface area contributed by atoms with Crippen LogP contribution >= 0.6 is 0 Å². The van der Waals surface area contributed by atoms with E-state index in [9.17, 15) is 9.59 Å². The molecule has 1 unspecified atom stereocenters. The molecule has 0 saturated carbocycles. The maximum atomic E-state index is 13.8. The van der Waals surface area contributed by atoms with Crippen LogP contribution in [-0.2, 0) is 16.6 Å². The lowest BCUT2D eigenvalue weighted by Gasteiger charge is -2.31. The summed E-state index contributed by atoms with van der Waals surface area (Å²) in [4.78, 5) is 30.7. The molecular weight excluding hydrogens is 450 g/mol. The number of para-hydroxylation sites is 1. The van der Waals surface area contributed by atoms with Gasteiger partial charge < -0.3 is 19.1 Å². The molecule has 2 aliphatic rings. The summed E-state index contributed by atoms with van der Waals surface area (Å²) in [6, 6.07) is 24.2. The normalized spacial score (nSPS) is 17.6. The van der Waals surface area contributed by atoms with Crippen molar-refractivity contribution in [3.05, 3.63) is 95.1 Å². The van der Waals surface area contributed by atoms with Gasteiger partial charge in [0.05, 0.1) is 24.9 Å². The number of rotatable bonds is 4. The quantitative estimate of drug-likeness (QED) is 0.431. The SMILES string of the molecule is Cc1ccc(-c2c(C3c4ccccc4C(=O)N3CC(=O)N3CCOCC3)c3ccccc3n2C)cc1. The summed E-state index contributed by atoms with van der Waals surface area (Å²) >= 11 is 0. The Morgan fingerprint density at radius 2 is 1.64 bits per heavy atom. The molecule has 2 aliphatic heterocycles. The van der Waals surface area contributed by atoms with Crippen molar-refractivity contribution < 1.29 is 14.3 Å². The van der Waals surface area contributed by atoms with E-state index in [2.05, 4.69) is 54.9 Å². The molecule has 4 aromatic rings. The van der Waals surface area contributed by atoms with Crippen LogP contribution in [0.25, 0.3) is 22.2 Å². The van der Waals surface area contributed by atoms with Crippen molar-refractivity contribution in [2.45, 2.75) is 13.0 Å². The summed E-state index contributed by atoms with van der Waals surface area (Å²) in [6.07, 6.45) is 0. The Morgan fingerprint density at radius 3 is 2.42 bits per heavy atom. The minimum absolute atomic E-state index is 0.0364. The van der Waals surface area contributed by atoms with E-state index in [0.29, 0.717) is 31.9 Å². The second kappa shape index (κ2) is 8.95. The van der Waals surface area contributed by atoms with E-state index >= 15 is 0 Å². The van der Waals surface area contributed by atoms with Crippen LogP contribution in [-0.4, -0.2) is 59.0 Å². The minimum atomic E-state index is -0.360. The predicted molar refractivity (Wildman–Crippen MR) is 140 cm³/mol. The lowest BCUT2D eigenvalue weighted by atomic mass is 9.93. The smallest absolute Gasteiger partial charge is 0.255 e. The Balaban J connectivity index is 1.54. The molecular formula is C30H29N3O3. The van der Waals surface area contributed by atoms with Gasteiger partial charge in [-0.25, -0.2) is 0 Å². The zero-order valence-corrected chi connectivity index (χ0v) is 20.6. The largest absolute Gasteiger partial charge is 0.378 e. The van der Waals surface area contributed by atoms with Gasteiger partial charge in [-0.1, -0.05) is 66.2 Å². The number of benzene rings is 3. The summed E-state index contributed by atoms with van der Waals surface area (Å²) in [5.41, 5.74) is 7.12. The second-order valence-corrected chi connectivity index (χ2v) is 9.62. The lowest BCUT2D eigenvalue weighted by Crippen LogP contribution is -2.46. The van der Waals surface area contributed by atoms with Gasteiger partial charge >= 0.3 is 0 Å². The molecule has 6 nitrogen and oxygen atoms in total. The van der Waals surface area contributed by atoms with Crippen molar-refractivity contribution >= 4 is 22.7 Å². The molecule has 36 heavy (non-hydrogen) atoms. The van der Waals surface area contributed by atoms with E-state index in [1.807, 2.05) is 36.4 Å². The van der Waals surface area contributed by atoms with E-state index in [4.69, 9.17) is 4.74 Å². The number of amides is 2. The number of morpholine rings is 1. The Kier molecular flexibility index (Phi) is 5.61. The number of ether oxygens (including phenoxy) is 1. The highest BCUT2D eigenvalue weighted by molar-refractivity contribution is 6.03. The molecule has 182 valence electrons. The van der Waals surface area contributed by atoms with Gasteiger partial charge in [-0.2, -0.15) is 0 Å². The standard InChI is InChI=1S/C30H29N3O3/c1-20-11-13-21(14-12-20)28-27(24-9-5-6-10-25(24)31(28)2)29-22-7-3-4-8-23(22)30(35)33(29)19-26(34)32-15-17-36-18-16-32/h3-14,29H,15-19H2,1-2H3. The van der Waals surface area contributed by atoms with Crippen LogP contribution in [0.5, 0.6) is 0 Å². The van der Waals surface area contributed by atoms with Gasteiger partial charge in [0.1, 0.15) is 6.54 Å². The first-order valence-electron chi connectivity index (χ1n) is 12.4.